The molecule has 2 atom stereocenters. The number of hydrogen-bond donors (Lipinski definition) is 1. The van der Waals surface area contributed by atoms with Gasteiger partial charge in [0.05, 0.1) is 30.3 Å². The first-order valence-electron chi connectivity index (χ1n) is 9.82. The number of rotatable bonds is 5. The number of carbonyl (C=O) groups excluding carboxylic acids is 1. The lowest BCUT2D eigenvalue weighted by Gasteiger charge is -2.39. The van der Waals surface area contributed by atoms with Gasteiger partial charge in [-0.1, -0.05) is 12.3 Å². The largest absolute Gasteiger partial charge is 0.470 e. The predicted octanol–water partition coefficient (Wildman–Crippen LogP) is 2.84. The van der Waals surface area contributed by atoms with E-state index in [2.05, 4.69) is 17.3 Å². The number of amides is 1. The highest BCUT2D eigenvalue weighted by molar-refractivity contribution is 5.80. The summed E-state index contributed by atoms with van der Waals surface area (Å²) >= 11 is 0. The van der Waals surface area contributed by atoms with Gasteiger partial charge in [0.25, 0.3) is 0 Å². The molecule has 1 N–H and O–H groups in total. The molecular weight excluding hydrogens is 371 g/mol. The van der Waals surface area contributed by atoms with Crippen molar-refractivity contribution in [2.75, 3.05) is 6.54 Å². The third kappa shape index (κ3) is 4.50. The number of halogens is 1. The quantitative estimate of drug-likeness (QED) is 0.613. The summed E-state index contributed by atoms with van der Waals surface area (Å²) in [4.78, 5) is 14.3. The van der Waals surface area contributed by atoms with Crippen molar-refractivity contribution in [3.8, 4) is 30.2 Å². The summed E-state index contributed by atoms with van der Waals surface area (Å²) in [5.74, 6) is 1.76. The Balaban J connectivity index is 1.74. The topological polar surface area (TPSA) is 89.2 Å². The van der Waals surface area contributed by atoms with Gasteiger partial charge in [0.15, 0.2) is 17.3 Å². The van der Waals surface area contributed by atoms with Crippen molar-refractivity contribution in [3.05, 3.63) is 29.6 Å². The molecule has 29 heavy (non-hydrogen) atoms. The van der Waals surface area contributed by atoms with E-state index in [1.54, 1.807) is 0 Å². The van der Waals surface area contributed by atoms with Crippen LogP contribution in [0, 0.1) is 40.8 Å². The van der Waals surface area contributed by atoms with Crippen molar-refractivity contribution in [2.45, 2.75) is 62.8 Å². The monoisotopic (exact) mass is 394 g/mol. The van der Waals surface area contributed by atoms with E-state index in [0.717, 1.165) is 25.3 Å². The minimum Gasteiger partial charge on any atom is -0.470 e. The van der Waals surface area contributed by atoms with Crippen molar-refractivity contribution in [3.63, 3.8) is 0 Å². The lowest BCUT2D eigenvalue weighted by Crippen LogP contribution is -2.56. The summed E-state index contributed by atoms with van der Waals surface area (Å²) in [6.45, 7) is -0.0474. The molecule has 1 aromatic rings. The molecule has 2 aliphatic rings. The fourth-order valence-corrected chi connectivity index (χ4v) is 4.08. The number of nitrogens with zero attached hydrogens (tertiary/aromatic N) is 3. The van der Waals surface area contributed by atoms with Crippen LogP contribution >= 0.6 is 0 Å². The number of carbonyl (C=O) groups is 1. The normalized spacial score (nSPS) is 22.9. The van der Waals surface area contributed by atoms with Crippen LogP contribution in [0.25, 0.3) is 0 Å². The molecule has 7 heteroatoms. The average Bonchev–Trinajstić information content (AvgIpc) is 3.17. The summed E-state index contributed by atoms with van der Waals surface area (Å²) in [5.41, 5.74) is -0.663. The van der Waals surface area contributed by atoms with Crippen LogP contribution in [-0.4, -0.2) is 35.2 Å². The van der Waals surface area contributed by atoms with Gasteiger partial charge in [-0.2, -0.15) is 10.5 Å². The molecule has 0 aromatic heterocycles. The van der Waals surface area contributed by atoms with E-state index in [0.29, 0.717) is 25.7 Å². The number of hydrogen-bond acceptors (Lipinski definition) is 5. The SMILES string of the molecule is C#C[C@H]1CC[C@@H](C#N)N1C(=O)CNC1(Oc2ccc(C#N)cc2F)CCCCC1. The Kier molecular flexibility index (Phi) is 6.37. The Hall–Kier alpha value is -3.08. The first kappa shape index (κ1) is 20.6. The molecule has 1 amide bonds. The molecule has 0 unspecified atom stereocenters. The standard InChI is InChI=1S/C22H23FN4O2/c1-2-17-7-8-18(14-25)27(17)21(28)15-26-22(10-4-3-5-11-22)29-20-9-6-16(13-24)12-19(20)23/h1,6,9,12,17-18,26H,3-5,7-8,10-11,15H2/t17-,18-/m0/s1. The predicted molar refractivity (Wildman–Crippen MR) is 104 cm³/mol. The number of ether oxygens (including phenoxy) is 1. The second-order valence-corrected chi connectivity index (χ2v) is 7.47. The van der Waals surface area contributed by atoms with Crippen LogP contribution in [0.15, 0.2) is 18.2 Å². The summed E-state index contributed by atoms with van der Waals surface area (Å²) < 4.78 is 20.4. The van der Waals surface area contributed by atoms with Crippen molar-refractivity contribution < 1.29 is 13.9 Å². The van der Waals surface area contributed by atoms with Crippen LogP contribution < -0.4 is 10.1 Å². The molecule has 1 aliphatic heterocycles. The highest BCUT2D eigenvalue weighted by Crippen LogP contribution is 2.33. The van der Waals surface area contributed by atoms with Crippen molar-refractivity contribution in [2.24, 2.45) is 0 Å². The summed E-state index contributed by atoms with van der Waals surface area (Å²) in [6, 6.07) is 7.20. The lowest BCUT2D eigenvalue weighted by atomic mass is 9.91. The van der Waals surface area contributed by atoms with Gasteiger partial charge >= 0.3 is 0 Å². The van der Waals surface area contributed by atoms with Gasteiger partial charge in [-0.05, 0) is 43.9 Å². The molecule has 0 spiro atoms. The van der Waals surface area contributed by atoms with Crippen molar-refractivity contribution in [1.29, 1.82) is 10.5 Å². The maximum atomic E-state index is 14.4. The van der Waals surface area contributed by atoms with Crippen LogP contribution in [0.3, 0.4) is 0 Å². The van der Waals surface area contributed by atoms with E-state index in [1.165, 1.54) is 17.0 Å². The zero-order chi connectivity index (χ0) is 20.9. The number of nitriles is 2. The molecule has 2 fully saturated rings. The molecule has 6 nitrogen and oxygen atoms in total. The Morgan fingerprint density at radius 3 is 2.62 bits per heavy atom. The first-order chi connectivity index (χ1) is 14.0. The molecule has 150 valence electrons. The number of nitrogens with one attached hydrogen (secondary N) is 1. The van der Waals surface area contributed by atoms with Crippen molar-refractivity contribution in [1.82, 2.24) is 10.2 Å². The van der Waals surface area contributed by atoms with Crippen LogP contribution in [0.4, 0.5) is 4.39 Å². The Bertz CT molecular complexity index is 868. The van der Waals surface area contributed by atoms with E-state index in [-0.39, 0.29) is 29.8 Å². The highest BCUT2D eigenvalue weighted by atomic mass is 19.1. The van der Waals surface area contributed by atoms with Gasteiger partial charge in [0.2, 0.25) is 5.91 Å². The highest BCUT2D eigenvalue weighted by Gasteiger charge is 2.39. The maximum Gasteiger partial charge on any atom is 0.238 e. The Labute approximate surface area is 170 Å². The van der Waals surface area contributed by atoms with Crippen LogP contribution in [0.1, 0.15) is 50.5 Å². The average molecular weight is 394 g/mol. The fourth-order valence-electron chi connectivity index (χ4n) is 4.08. The molecule has 0 radical (unpaired) electrons. The van der Waals surface area contributed by atoms with Crippen LogP contribution in [-0.2, 0) is 4.79 Å². The Morgan fingerprint density at radius 2 is 2.00 bits per heavy atom. The van der Waals surface area contributed by atoms with Gasteiger partial charge in [0.1, 0.15) is 6.04 Å². The van der Waals surface area contributed by atoms with E-state index < -0.39 is 17.6 Å². The third-order valence-corrected chi connectivity index (χ3v) is 5.60. The molecular formula is C22H23FN4O2. The third-order valence-electron chi connectivity index (χ3n) is 5.60. The fraction of sp³-hybridized carbons (Fsp3) is 0.500. The number of likely N-dealkylation sites (tertiary alicyclic amines) is 1. The smallest absolute Gasteiger partial charge is 0.238 e. The van der Waals surface area contributed by atoms with Crippen LogP contribution in [0.5, 0.6) is 5.75 Å². The van der Waals surface area contributed by atoms with Gasteiger partial charge < -0.3 is 9.64 Å². The summed E-state index contributed by atoms with van der Waals surface area (Å²) in [6.07, 6.45) is 10.8. The number of benzene rings is 1. The zero-order valence-electron chi connectivity index (χ0n) is 16.2. The Morgan fingerprint density at radius 1 is 1.28 bits per heavy atom. The molecule has 1 heterocycles. The lowest BCUT2D eigenvalue weighted by molar-refractivity contribution is -0.133. The van der Waals surface area contributed by atoms with E-state index in [1.807, 2.05) is 6.07 Å². The molecule has 1 aromatic carbocycles. The maximum absolute atomic E-state index is 14.4. The molecule has 1 aliphatic carbocycles. The van der Waals surface area contributed by atoms with Gasteiger partial charge in [-0.15, -0.1) is 6.42 Å². The molecule has 3 rings (SSSR count). The zero-order valence-corrected chi connectivity index (χ0v) is 16.2. The van der Waals surface area contributed by atoms with Gasteiger partial charge in [0, 0.05) is 12.8 Å². The second kappa shape index (κ2) is 8.95. The molecule has 1 saturated heterocycles. The van der Waals surface area contributed by atoms with E-state index in [9.17, 15) is 14.4 Å². The molecule has 0 bridgehead atoms. The minimum absolute atomic E-state index is 0.0448. The van der Waals surface area contributed by atoms with E-state index >= 15 is 0 Å². The number of terminal acetylenes is 1. The molecule has 1 saturated carbocycles. The first-order valence-corrected chi connectivity index (χ1v) is 9.82. The summed E-state index contributed by atoms with van der Waals surface area (Å²) in [5, 5.41) is 21.4. The van der Waals surface area contributed by atoms with E-state index in [4.69, 9.17) is 16.4 Å². The van der Waals surface area contributed by atoms with Gasteiger partial charge in [-0.25, -0.2) is 4.39 Å². The second-order valence-electron chi connectivity index (χ2n) is 7.47. The van der Waals surface area contributed by atoms with Crippen LogP contribution in [0.2, 0.25) is 0 Å². The van der Waals surface area contributed by atoms with Gasteiger partial charge in [-0.3, -0.25) is 10.1 Å². The van der Waals surface area contributed by atoms with Crippen molar-refractivity contribution >= 4 is 5.91 Å². The summed E-state index contributed by atoms with van der Waals surface area (Å²) in [7, 11) is 0. The minimum atomic E-state index is -0.879.